The third-order valence-corrected chi connectivity index (χ3v) is 5.14. The van der Waals surface area contributed by atoms with Gasteiger partial charge >= 0.3 is 5.97 Å². The van der Waals surface area contributed by atoms with E-state index in [-0.39, 0.29) is 18.2 Å². The van der Waals surface area contributed by atoms with Crippen molar-refractivity contribution < 1.29 is 14.3 Å². The quantitative estimate of drug-likeness (QED) is 0.664. The summed E-state index contributed by atoms with van der Waals surface area (Å²) in [7, 11) is 0. The molecule has 2 heterocycles. The molecule has 0 saturated carbocycles. The summed E-state index contributed by atoms with van der Waals surface area (Å²) in [6.45, 7) is 0.329. The molecular weight excluding hydrogens is 348 g/mol. The Morgan fingerprint density at radius 2 is 1.85 bits per heavy atom. The number of carbonyl (C=O) groups is 2. The normalized spacial score (nSPS) is 12.7. The van der Waals surface area contributed by atoms with Gasteiger partial charge in [-0.15, -0.1) is 11.3 Å². The van der Waals surface area contributed by atoms with Crippen molar-refractivity contribution in [3.05, 3.63) is 71.2 Å². The highest BCUT2D eigenvalue weighted by atomic mass is 32.1. The number of hydrogen-bond acceptors (Lipinski definition) is 5. The largest absolute Gasteiger partial charge is 0.451 e. The van der Waals surface area contributed by atoms with Gasteiger partial charge in [0.15, 0.2) is 12.3 Å². The molecule has 0 N–H and O–H groups in total. The number of esters is 1. The number of nitrogens with zero attached hydrogens (tertiary/aromatic N) is 2. The van der Waals surface area contributed by atoms with E-state index in [1.807, 2.05) is 54.6 Å². The summed E-state index contributed by atoms with van der Waals surface area (Å²) in [6, 6.07) is 17.4. The van der Waals surface area contributed by atoms with Crippen molar-refractivity contribution in [2.45, 2.75) is 6.42 Å². The second-order valence-electron chi connectivity index (χ2n) is 5.90. The number of para-hydroxylation sites is 1. The molecule has 4 rings (SSSR count). The van der Waals surface area contributed by atoms with Gasteiger partial charge in [0.1, 0.15) is 5.01 Å². The molecule has 3 aromatic rings. The lowest BCUT2D eigenvalue weighted by Crippen LogP contribution is -2.33. The summed E-state index contributed by atoms with van der Waals surface area (Å²) < 4.78 is 5.18. The van der Waals surface area contributed by atoms with Crippen LogP contribution in [0.5, 0.6) is 0 Å². The lowest BCUT2D eigenvalue weighted by molar-refractivity contribution is -0.121. The van der Waals surface area contributed by atoms with E-state index < -0.39 is 5.97 Å². The topological polar surface area (TPSA) is 59.5 Å². The van der Waals surface area contributed by atoms with E-state index in [1.165, 1.54) is 11.3 Å². The fourth-order valence-corrected chi connectivity index (χ4v) is 3.75. The Kier molecular flexibility index (Phi) is 4.50. The van der Waals surface area contributed by atoms with Gasteiger partial charge in [0, 0.05) is 23.2 Å². The highest BCUT2D eigenvalue weighted by Gasteiger charge is 2.25. The molecule has 0 bridgehead atoms. The molecular formula is C20H16N2O3S. The van der Waals surface area contributed by atoms with Crippen molar-refractivity contribution in [3.8, 4) is 10.6 Å². The van der Waals surface area contributed by atoms with Crippen molar-refractivity contribution in [1.82, 2.24) is 4.98 Å². The first-order valence-electron chi connectivity index (χ1n) is 8.29. The average molecular weight is 364 g/mol. The predicted molar refractivity (Wildman–Crippen MR) is 100 cm³/mol. The van der Waals surface area contributed by atoms with Crippen LogP contribution in [-0.4, -0.2) is 30.0 Å². The van der Waals surface area contributed by atoms with Crippen LogP contribution in [0.3, 0.4) is 0 Å². The molecule has 6 heteroatoms. The molecule has 1 amide bonds. The van der Waals surface area contributed by atoms with Gasteiger partial charge in [-0.1, -0.05) is 48.5 Å². The molecule has 0 atom stereocenters. The maximum atomic E-state index is 12.4. The van der Waals surface area contributed by atoms with Gasteiger partial charge in [0.25, 0.3) is 5.91 Å². The van der Waals surface area contributed by atoms with Crippen LogP contribution < -0.4 is 4.90 Å². The SMILES string of the molecule is O=C(OCC(=O)N1CCc2ccccc21)c1csc(-c2ccccc2)n1. The third kappa shape index (κ3) is 3.23. The van der Waals surface area contributed by atoms with Crippen LogP contribution in [0.2, 0.25) is 0 Å². The smallest absolute Gasteiger partial charge is 0.358 e. The van der Waals surface area contributed by atoms with Crippen LogP contribution in [0.25, 0.3) is 10.6 Å². The number of anilines is 1. The van der Waals surface area contributed by atoms with E-state index in [1.54, 1.807) is 10.3 Å². The van der Waals surface area contributed by atoms with Gasteiger partial charge in [-0.2, -0.15) is 0 Å². The highest BCUT2D eigenvalue weighted by molar-refractivity contribution is 7.13. The predicted octanol–water partition coefficient (Wildman–Crippen LogP) is 3.56. The number of thiazole rings is 1. The molecule has 0 spiro atoms. The van der Waals surface area contributed by atoms with Crippen LogP contribution in [0.15, 0.2) is 60.0 Å². The minimum Gasteiger partial charge on any atom is -0.451 e. The van der Waals surface area contributed by atoms with Crippen LogP contribution in [0.4, 0.5) is 5.69 Å². The van der Waals surface area contributed by atoms with Gasteiger partial charge < -0.3 is 9.64 Å². The third-order valence-electron chi connectivity index (χ3n) is 4.25. The molecule has 0 aliphatic carbocycles. The number of amides is 1. The molecule has 26 heavy (non-hydrogen) atoms. The number of carbonyl (C=O) groups excluding carboxylic acids is 2. The Morgan fingerprint density at radius 3 is 2.69 bits per heavy atom. The Bertz CT molecular complexity index is 952. The zero-order chi connectivity index (χ0) is 17.9. The summed E-state index contributed by atoms with van der Waals surface area (Å²) in [5.41, 5.74) is 3.21. The van der Waals surface area contributed by atoms with E-state index in [0.717, 1.165) is 28.2 Å². The fourth-order valence-electron chi connectivity index (χ4n) is 2.96. The first-order chi connectivity index (χ1) is 12.7. The number of rotatable bonds is 4. The number of ether oxygens (including phenoxy) is 1. The lowest BCUT2D eigenvalue weighted by Gasteiger charge is -2.16. The van der Waals surface area contributed by atoms with Crippen molar-refractivity contribution in [3.63, 3.8) is 0 Å². The van der Waals surface area contributed by atoms with Crippen LogP contribution in [-0.2, 0) is 16.0 Å². The molecule has 0 radical (unpaired) electrons. The first-order valence-corrected chi connectivity index (χ1v) is 9.16. The molecule has 0 fully saturated rings. The maximum absolute atomic E-state index is 12.4. The molecule has 1 aliphatic heterocycles. The molecule has 5 nitrogen and oxygen atoms in total. The van der Waals surface area contributed by atoms with E-state index in [0.29, 0.717) is 6.54 Å². The van der Waals surface area contributed by atoms with Gasteiger partial charge in [-0.3, -0.25) is 4.79 Å². The zero-order valence-electron chi connectivity index (χ0n) is 13.9. The second-order valence-corrected chi connectivity index (χ2v) is 6.76. The second kappa shape index (κ2) is 7.09. The van der Waals surface area contributed by atoms with E-state index in [4.69, 9.17) is 4.74 Å². The van der Waals surface area contributed by atoms with Gasteiger partial charge in [-0.05, 0) is 18.1 Å². The first kappa shape index (κ1) is 16.5. The minimum absolute atomic E-state index is 0.221. The molecule has 1 aliphatic rings. The summed E-state index contributed by atoms with van der Waals surface area (Å²) >= 11 is 1.37. The number of benzene rings is 2. The van der Waals surface area contributed by atoms with Crippen LogP contribution in [0.1, 0.15) is 16.1 Å². The Morgan fingerprint density at radius 1 is 1.08 bits per heavy atom. The Balaban J connectivity index is 1.39. The highest BCUT2D eigenvalue weighted by Crippen LogP contribution is 2.27. The van der Waals surface area contributed by atoms with E-state index >= 15 is 0 Å². The summed E-state index contributed by atoms with van der Waals surface area (Å²) in [4.78, 5) is 30.6. The Hall–Kier alpha value is -2.99. The molecule has 2 aromatic carbocycles. The number of aromatic nitrogens is 1. The van der Waals surface area contributed by atoms with Gasteiger partial charge in [0.05, 0.1) is 0 Å². The lowest BCUT2D eigenvalue weighted by atomic mass is 10.2. The molecule has 1 aromatic heterocycles. The monoisotopic (exact) mass is 364 g/mol. The van der Waals surface area contributed by atoms with Crippen molar-refractivity contribution in [2.24, 2.45) is 0 Å². The van der Waals surface area contributed by atoms with E-state index in [2.05, 4.69) is 4.98 Å². The summed E-state index contributed by atoms with van der Waals surface area (Å²) in [5, 5.41) is 2.40. The van der Waals surface area contributed by atoms with Crippen LogP contribution >= 0.6 is 11.3 Å². The van der Waals surface area contributed by atoms with Crippen LogP contribution in [0, 0.1) is 0 Å². The van der Waals surface area contributed by atoms with E-state index in [9.17, 15) is 9.59 Å². The average Bonchev–Trinajstić information content (AvgIpc) is 3.34. The molecule has 0 saturated heterocycles. The molecule has 130 valence electrons. The minimum atomic E-state index is -0.579. The van der Waals surface area contributed by atoms with Gasteiger partial charge in [-0.25, -0.2) is 9.78 Å². The molecule has 0 unspecified atom stereocenters. The maximum Gasteiger partial charge on any atom is 0.358 e. The van der Waals surface area contributed by atoms with Gasteiger partial charge in [0.2, 0.25) is 0 Å². The van der Waals surface area contributed by atoms with Crippen molar-refractivity contribution in [2.75, 3.05) is 18.1 Å². The van der Waals surface area contributed by atoms with Crippen molar-refractivity contribution in [1.29, 1.82) is 0 Å². The summed E-state index contributed by atoms with van der Waals surface area (Å²) in [5.74, 6) is -0.800. The number of fused-ring (bicyclic) bond motifs is 1. The zero-order valence-corrected chi connectivity index (χ0v) is 14.7. The fraction of sp³-hybridized carbons (Fsp3) is 0.150. The Labute approximate surface area is 154 Å². The standard InChI is InChI=1S/C20H16N2O3S/c23-18(22-11-10-14-6-4-5-9-17(14)22)12-25-20(24)16-13-26-19(21-16)15-7-2-1-3-8-15/h1-9,13H,10-12H2. The van der Waals surface area contributed by atoms with Crippen molar-refractivity contribution >= 4 is 28.9 Å². The number of hydrogen-bond donors (Lipinski definition) is 0. The summed E-state index contributed by atoms with van der Waals surface area (Å²) in [6.07, 6.45) is 0.822.